The Morgan fingerprint density at radius 3 is 2.50 bits per heavy atom. The first-order valence-electron chi connectivity index (χ1n) is 5.75. The van der Waals surface area contributed by atoms with E-state index in [1.165, 1.54) is 0 Å². The first kappa shape index (κ1) is 15.8. The lowest BCUT2D eigenvalue weighted by molar-refractivity contribution is -0.0401. The number of aliphatic hydroxyl groups is 2. The summed E-state index contributed by atoms with van der Waals surface area (Å²) < 4.78 is 10.3. The normalized spacial score (nSPS) is 15.4. The Morgan fingerprint density at radius 1 is 1.31 bits per heavy atom. The Hall–Kier alpha value is -0.200. The van der Waals surface area contributed by atoms with E-state index < -0.39 is 6.10 Å². The van der Waals surface area contributed by atoms with Gasteiger partial charge in [-0.25, -0.2) is 0 Å². The Labute approximate surface area is 98.0 Å². The van der Waals surface area contributed by atoms with Crippen molar-refractivity contribution >= 4 is 0 Å². The van der Waals surface area contributed by atoms with E-state index >= 15 is 0 Å². The van der Waals surface area contributed by atoms with Gasteiger partial charge in [-0.05, 0) is 13.5 Å². The van der Waals surface area contributed by atoms with Crippen LogP contribution in [0.3, 0.4) is 0 Å². The number of methoxy groups -OCH3 is 1. The fraction of sp³-hybridized carbons (Fsp3) is 1.00. The zero-order valence-corrected chi connectivity index (χ0v) is 10.6. The smallest absolute Gasteiger partial charge is 0.0900 e. The second kappa shape index (κ2) is 9.99. The van der Waals surface area contributed by atoms with Crippen LogP contribution >= 0.6 is 0 Å². The molecule has 0 fully saturated rings. The minimum atomic E-state index is -0.522. The Bertz CT molecular complexity index is 157. The molecule has 0 aromatic heterocycles. The predicted octanol–water partition coefficient (Wildman–Crippen LogP) is -0.287. The van der Waals surface area contributed by atoms with Crippen molar-refractivity contribution in [2.45, 2.75) is 26.1 Å². The minimum absolute atomic E-state index is 0.00688. The number of aliphatic hydroxyl groups excluding tert-OH is 2. The maximum Gasteiger partial charge on any atom is 0.0900 e. The number of hydrogen-bond acceptors (Lipinski definition) is 5. The minimum Gasteiger partial charge on any atom is -0.395 e. The van der Waals surface area contributed by atoms with Gasteiger partial charge in [-0.15, -0.1) is 0 Å². The Morgan fingerprint density at radius 2 is 2.00 bits per heavy atom. The molecule has 5 heteroatoms. The van der Waals surface area contributed by atoms with Crippen LogP contribution in [-0.4, -0.2) is 73.9 Å². The first-order chi connectivity index (χ1) is 7.63. The summed E-state index contributed by atoms with van der Waals surface area (Å²) in [7, 11) is 1.62. The van der Waals surface area contributed by atoms with E-state index in [4.69, 9.17) is 14.6 Å². The SMILES string of the molecule is CCN(CCO)CC(O)COC(C)COC. The topological polar surface area (TPSA) is 62.2 Å². The van der Waals surface area contributed by atoms with Crippen molar-refractivity contribution in [1.29, 1.82) is 0 Å². The van der Waals surface area contributed by atoms with Gasteiger partial charge in [0.2, 0.25) is 0 Å². The standard InChI is InChI=1S/C11H25NO4/c1-4-12(5-6-13)7-11(14)9-16-10(2)8-15-3/h10-11,13-14H,4-9H2,1-3H3. The summed E-state index contributed by atoms with van der Waals surface area (Å²) in [5, 5.41) is 18.5. The van der Waals surface area contributed by atoms with Gasteiger partial charge < -0.3 is 19.7 Å². The molecule has 0 spiro atoms. The van der Waals surface area contributed by atoms with Crippen LogP contribution in [0, 0.1) is 0 Å². The summed E-state index contributed by atoms with van der Waals surface area (Å²) >= 11 is 0. The summed E-state index contributed by atoms with van der Waals surface area (Å²) in [6.07, 6.45) is -0.529. The fourth-order valence-electron chi connectivity index (χ4n) is 1.43. The summed E-state index contributed by atoms with van der Waals surface area (Å²) in [5.74, 6) is 0. The highest BCUT2D eigenvalue weighted by molar-refractivity contribution is 4.63. The van der Waals surface area contributed by atoms with Crippen LogP contribution in [-0.2, 0) is 9.47 Å². The van der Waals surface area contributed by atoms with Crippen molar-refractivity contribution in [2.75, 3.05) is 46.6 Å². The predicted molar refractivity (Wildman–Crippen MR) is 62.5 cm³/mol. The number of ether oxygens (including phenoxy) is 2. The molecule has 0 heterocycles. The maximum atomic E-state index is 9.71. The van der Waals surface area contributed by atoms with Gasteiger partial charge in [0.25, 0.3) is 0 Å². The van der Waals surface area contributed by atoms with E-state index in [-0.39, 0.29) is 12.7 Å². The third-order valence-corrected chi connectivity index (χ3v) is 2.31. The Balaban J connectivity index is 3.66. The van der Waals surface area contributed by atoms with E-state index in [0.29, 0.717) is 26.3 Å². The molecule has 0 radical (unpaired) electrons. The molecule has 2 N–H and O–H groups in total. The zero-order valence-electron chi connectivity index (χ0n) is 10.6. The number of hydrogen-bond donors (Lipinski definition) is 2. The quantitative estimate of drug-likeness (QED) is 0.545. The van der Waals surface area contributed by atoms with Crippen LogP contribution in [0.2, 0.25) is 0 Å². The molecule has 0 aromatic rings. The molecule has 0 rings (SSSR count). The molecule has 0 aliphatic heterocycles. The van der Waals surface area contributed by atoms with Gasteiger partial charge in [0.05, 0.1) is 32.0 Å². The number of likely N-dealkylation sites (N-methyl/N-ethyl adjacent to an activating group) is 1. The van der Waals surface area contributed by atoms with E-state index in [1.54, 1.807) is 7.11 Å². The van der Waals surface area contributed by atoms with Crippen molar-refractivity contribution < 1.29 is 19.7 Å². The molecule has 0 saturated carbocycles. The van der Waals surface area contributed by atoms with Crippen molar-refractivity contribution in [2.24, 2.45) is 0 Å². The molecule has 98 valence electrons. The molecule has 2 unspecified atom stereocenters. The van der Waals surface area contributed by atoms with Gasteiger partial charge in [-0.2, -0.15) is 0 Å². The fourth-order valence-corrected chi connectivity index (χ4v) is 1.43. The van der Waals surface area contributed by atoms with Crippen LogP contribution < -0.4 is 0 Å². The summed E-state index contributed by atoms with van der Waals surface area (Å²) in [6.45, 7) is 6.76. The summed E-state index contributed by atoms with van der Waals surface area (Å²) in [4.78, 5) is 1.98. The summed E-state index contributed by atoms with van der Waals surface area (Å²) in [5.41, 5.74) is 0. The molecule has 5 nitrogen and oxygen atoms in total. The molecular formula is C11H25NO4. The van der Waals surface area contributed by atoms with Crippen LogP contribution in [0.1, 0.15) is 13.8 Å². The lowest BCUT2D eigenvalue weighted by atomic mass is 10.3. The zero-order chi connectivity index (χ0) is 12.4. The third-order valence-electron chi connectivity index (χ3n) is 2.31. The highest BCUT2D eigenvalue weighted by Crippen LogP contribution is 1.97. The van der Waals surface area contributed by atoms with Gasteiger partial charge in [0.15, 0.2) is 0 Å². The van der Waals surface area contributed by atoms with Gasteiger partial charge in [-0.3, -0.25) is 4.90 Å². The largest absolute Gasteiger partial charge is 0.395 e. The van der Waals surface area contributed by atoms with E-state index in [2.05, 4.69) is 0 Å². The lowest BCUT2D eigenvalue weighted by Crippen LogP contribution is -2.37. The molecule has 0 saturated heterocycles. The van der Waals surface area contributed by atoms with Crippen molar-refractivity contribution in [3.8, 4) is 0 Å². The van der Waals surface area contributed by atoms with E-state index in [1.807, 2.05) is 18.7 Å². The van der Waals surface area contributed by atoms with E-state index in [9.17, 15) is 5.11 Å². The second-order valence-corrected chi connectivity index (χ2v) is 3.87. The number of nitrogens with zero attached hydrogens (tertiary/aromatic N) is 1. The van der Waals surface area contributed by atoms with Gasteiger partial charge in [0.1, 0.15) is 0 Å². The van der Waals surface area contributed by atoms with Crippen molar-refractivity contribution in [3.05, 3.63) is 0 Å². The highest BCUT2D eigenvalue weighted by Gasteiger charge is 2.11. The molecule has 16 heavy (non-hydrogen) atoms. The highest BCUT2D eigenvalue weighted by atomic mass is 16.5. The summed E-state index contributed by atoms with van der Waals surface area (Å²) in [6, 6.07) is 0. The average Bonchev–Trinajstić information content (AvgIpc) is 2.26. The van der Waals surface area contributed by atoms with Gasteiger partial charge in [0, 0.05) is 20.2 Å². The first-order valence-corrected chi connectivity index (χ1v) is 5.75. The average molecular weight is 235 g/mol. The molecule has 0 bridgehead atoms. The third kappa shape index (κ3) is 8.01. The van der Waals surface area contributed by atoms with Crippen LogP contribution in [0.5, 0.6) is 0 Å². The maximum absolute atomic E-state index is 9.71. The molecule has 2 atom stereocenters. The molecule has 0 aromatic carbocycles. The van der Waals surface area contributed by atoms with Gasteiger partial charge >= 0.3 is 0 Å². The van der Waals surface area contributed by atoms with Crippen molar-refractivity contribution in [1.82, 2.24) is 4.90 Å². The molecular weight excluding hydrogens is 210 g/mol. The monoisotopic (exact) mass is 235 g/mol. The Kier molecular flexibility index (Phi) is 9.86. The van der Waals surface area contributed by atoms with Gasteiger partial charge in [-0.1, -0.05) is 6.92 Å². The molecule has 0 aliphatic rings. The van der Waals surface area contributed by atoms with Crippen molar-refractivity contribution in [3.63, 3.8) is 0 Å². The molecule has 0 amide bonds. The second-order valence-electron chi connectivity index (χ2n) is 3.87. The lowest BCUT2D eigenvalue weighted by Gasteiger charge is -2.23. The number of rotatable bonds is 10. The van der Waals surface area contributed by atoms with Crippen LogP contribution in [0.15, 0.2) is 0 Å². The molecule has 0 aliphatic carbocycles. The van der Waals surface area contributed by atoms with Crippen LogP contribution in [0.4, 0.5) is 0 Å². The van der Waals surface area contributed by atoms with Crippen LogP contribution in [0.25, 0.3) is 0 Å². The van der Waals surface area contributed by atoms with E-state index in [0.717, 1.165) is 6.54 Å².